The molecular weight excluding hydrogens is 340 g/mol. The van der Waals surface area contributed by atoms with E-state index in [0.717, 1.165) is 13.1 Å². The second kappa shape index (κ2) is 9.42. The first-order valence-corrected chi connectivity index (χ1v) is 9.52. The Labute approximate surface area is 161 Å². The summed E-state index contributed by atoms with van der Waals surface area (Å²) in [4.78, 5) is 15.2. The summed E-state index contributed by atoms with van der Waals surface area (Å²) in [5.41, 5.74) is 1.81. The Bertz CT molecular complexity index is 742. The zero-order valence-corrected chi connectivity index (χ0v) is 16.1. The molecule has 0 aliphatic carbocycles. The molecular formula is C22H28N2O3. The number of carbonyl (C=O) groups is 1. The molecule has 0 spiro atoms. The average molecular weight is 368 g/mol. The van der Waals surface area contributed by atoms with Crippen molar-refractivity contribution in [2.45, 2.75) is 25.3 Å². The highest BCUT2D eigenvalue weighted by Crippen LogP contribution is 2.28. The molecule has 27 heavy (non-hydrogen) atoms. The van der Waals surface area contributed by atoms with Crippen LogP contribution in [-0.4, -0.2) is 44.7 Å². The number of likely N-dealkylation sites (tertiary alicyclic amines) is 1. The minimum atomic E-state index is -0.103. The molecule has 1 unspecified atom stereocenters. The predicted molar refractivity (Wildman–Crippen MR) is 106 cm³/mol. The molecule has 5 heteroatoms. The minimum absolute atomic E-state index is 0.103. The Morgan fingerprint density at radius 3 is 2.37 bits per heavy atom. The van der Waals surface area contributed by atoms with Crippen molar-refractivity contribution < 1.29 is 14.3 Å². The fourth-order valence-corrected chi connectivity index (χ4v) is 3.63. The number of hydrogen-bond donors (Lipinski definition) is 1. The van der Waals surface area contributed by atoms with Crippen molar-refractivity contribution in [2.75, 3.05) is 33.9 Å². The van der Waals surface area contributed by atoms with Crippen LogP contribution in [0.5, 0.6) is 11.5 Å². The van der Waals surface area contributed by atoms with Crippen LogP contribution in [0, 0.1) is 0 Å². The molecule has 1 fully saturated rings. The van der Waals surface area contributed by atoms with E-state index >= 15 is 0 Å². The van der Waals surface area contributed by atoms with Crippen molar-refractivity contribution >= 4 is 5.91 Å². The van der Waals surface area contributed by atoms with Gasteiger partial charge in [0.2, 0.25) is 0 Å². The van der Waals surface area contributed by atoms with Gasteiger partial charge in [0.25, 0.3) is 5.91 Å². The second-order valence-corrected chi connectivity index (χ2v) is 6.80. The molecule has 0 radical (unpaired) electrons. The lowest BCUT2D eigenvalue weighted by molar-refractivity contribution is 0.0924. The summed E-state index contributed by atoms with van der Waals surface area (Å²) in [6.07, 6.45) is 3.72. The van der Waals surface area contributed by atoms with E-state index in [4.69, 9.17) is 9.47 Å². The maximum atomic E-state index is 12.7. The van der Waals surface area contributed by atoms with Crippen molar-refractivity contribution in [3.8, 4) is 11.5 Å². The number of ether oxygens (including phenoxy) is 2. The van der Waals surface area contributed by atoms with E-state index in [1.165, 1.54) is 24.8 Å². The molecule has 1 heterocycles. The lowest BCUT2D eigenvalue weighted by atomic mass is 10.0. The number of piperidine rings is 1. The third-order valence-corrected chi connectivity index (χ3v) is 5.12. The van der Waals surface area contributed by atoms with Gasteiger partial charge in [-0.3, -0.25) is 9.69 Å². The Kier molecular flexibility index (Phi) is 6.71. The number of benzene rings is 2. The molecule has 1 saturated heterocycles. The Morgan fingerprint density at radius 1 is 1.00 bits per heavy atom. The topological polar surface area (TPSA) is 50.8 Å². The first-order valence-electron chi connectivity index (χ1n) is 9.52. The highest BCUT2D eigenvalue weighted by molar-refractivity contribution is 5.94. The molecule has 1 amide bonds. The third-order valence-electron chi connectivity index (χ3n) is 5.12. The van der Waals surface area contributed by atoms with Crippen molar-refractivity contribution in [1.29, 1.82) is 0 Å². The van der Waals surface area contributed by atoms with Crippen LogP contribution in [0.4, 0.5) is 0 Å². The minimum Gasteiger partial charge on any atom is -0.493 e. The van der Waals surface area contributed by atoms with Crippen LogP contribution in [0.1, 0.15) is 41.2 Å². The maximum absolute atomic E-state index is 12.7. The summed E-state index contributed by atoms with van der Waals surface area (Å²) in [5, 5.41) is 3.11. The highest BCUT2D eigenvalue weighted by atomic mass is 16.5. The van der Waals surface area contributed by atoms with Gasteiger partial charge in [0.1, 0.15) is 0 Å². The molecule has 2 aromatic rings. The van der Waals surface area contributed by atoms with Crippen LogP contribution >= 0.6 is 0 Å². The number of nitrogens with one attached hydrogen (secondary N) is 1. The van der Waals surface area contributed by atoms with Gasteiger partial charge in [-0.25, -0.2) is 0 Å². The molecule has 0 bridgehead atoms. The smallest absolute Gasteiger partial charge is 0.251 e. The quantitative estimate of drug-likeness (QED) is 0.810. The predicted octanol–water partition coefficient (Wildman–Crippen LogP) is 3.66. The highest BCUT2D eigenvalue weighted by Gasteiger charge is 2.23. The first kappa shape index (κ1) is 19.2. The Morgan fingerprint density at radius 2 is 1.70 bits per heavy atom. The Hall–Kier alpha value is -2.53. The van der Waals surface area contributed by atoms with Crippen molar-refractivity contribution in [3.05, 3.63) is 59.7 Å². The van der Waals surface area contributed by atoms with Crippen molar-refractivity contribution in [3.63, 3.8) is 0 Å². The second-order valence-electron chi connectivity index (χ2n) is 6.80. The summed E-state index contributed by atoms with van der Waals surface area (Å²) in [6.45, 7) is 2.73. The van der Waals surface area contributed by atoms with E-state index in [9.17, 15) is 4.79 Å². The standard InChI is InChI=1S/C22H28N2O3/c1-26-20-12-11-18(15-21(20)27-2)22(25)23-16-19(17-9-5-3-6-10-17)24-13-7-4-8-14-24/h3,5-6,9-12,15,19H,4,7-8,13-14,16H2,1-2H3,(H,23,25). The molecule has 1 atom stereocenters. The van der Waals surface area contributed by atoms with E-state index in [2.05, 4.69) is 34.5 Å². The fourth-order valence-electron chi connectivity index (χ4n) is 3.63. The van der Waals surface area contributed by atoms with Gasteiger partial charge in [-0.05, 0) is 49.7 Å². The van der Waals surface area contributed by atoms with Gasteiger partial charge < -0.3 is 14.8 Å². The van der Waals surface area contributed by atoms with Crippen molar-refractivity contribution in [1.82, 2.24) is 10.2 Å². The van der Waals surface area contributed by atoms with Gasteiger partial charge in [-0.15, -0.1) is 0 Å². The molecule has 1 aliphatic rings. The molecule has 0 aromatic heterocycles. The van der Waals surface area contributed by atoms with E-state index < -0.39 is 0 Å². The summed E-state index contributed by atoms with van der Waals surface area (Å²) in [6, 6.07) is 15.8. The molecule has 144 valence electrons. The number of hydrogen-bond acceptors (Lipinski definition) is 4. The van der Waals surface area contributed by atoms with Crippen molar-refractivity contribution in [2.24, 2.45) is 0 Å². The third kappa shape index (κ3) is 4.80. The molecule has 0 saturated carbocycles. The fraction of sp³-hybridized carbons (Fsp3) is 0.409. The summed E-state index contributed by atoms with van der Waals surface area (Å²) in [5.74, 6) is 1.07. The number of carbonyl (C=O) groups excluding carboxylic acids is 1. The molecule has 2 aromatic carbocycles. The van der Waals surface area contributed by atoms with Crippen LogP contribution in [0.15, 0.2) is 48.5 Å². The largest absolute Gasteiger partial charge is 0.493 e. The monoisotopic (exact) mass is 368 g/mol. The van der Waals surface area contributed by atoms with Gasteiger partial charge in [-0.2, -0.15) is 0 Å². The summed E-state index contributed by atoms with van der Waals surface area (Å²) >= 11 is 0. The van der Waals surface area contributed by atoms with Gasteiger partial charge in [-0.1, -0.05) is 36.8 Å². The van der Waals surface area contributed by atoms with E-state index in [0.29, 0.717) is 23.6 Å². The summed E-state index contributed by atoms with van der Waals surface area (Å²) < 4.78 is 10.5. The van der Waals surface area contributed by atoms with Crippen LogP contribution < -0.4 is 14.8 Å². The van der Waals surface area contributed by atoms with E-state index in [1.54, 1.807) is 32.4 Å². The number of nitrogens with zero attached hydrogens (tertiary/aromatic N) is 1. The lowest BCUT2D eigenvalue weighted by Gasteiger charge is -2.35. The van der Waals surface area contributed by atoms with Gasteiger partial charge in [0, 0.05) is 12.1 Å². The molecule has 1 aliphatic heterocycles. The SMILES string of the molecule is COc1ccc(C(=O)NCC(c2ccccc2)N2CCCCC2)cc1OC. The zero-order chi connectivity index (χ0) is 19.1. The van der Waals surface area contributed by atoms with E-state index in [1.807, 2.05) is 6.07 Å². The number of rotatable bonds is 7. The number of methoxy groups -OCH3 is 2. The normalized spacial score (nSPS) is 15.8. The lowest BCUT2D eigenvalue weighted by Crippen LogP contribution is -2.40. The van der Waals surface area contributed by atoms with Gasteiger partial charge >= 0.3 is 0 Å². The van der Waals surface area contributed by atoms with Crippen LogP contribution in [-0.2, 0) is 0 Å². The number of amides is 1. The van der Waals surface area contributed by atoms with Crippen LogP contribution in [0.25, 0.3) is 0 Å². The molecule has 1 N–H and O–H groups in total. The zero-order valence-electron chi connectivity index (χ0n) is 16.1. The van der Waals surface area contributed by atoms with Gasteiger partial charge in [0.15, 0.2) is 11.5 Å². The van der Waals surface area contributed by atoms with Crippen LogP contribution in [0.3, 0.4) is 0 Å². The average Bonchev–Trinajstić information content (AvgIpc) is 2.74. The van der Waals surface area contributed by atoms with E-state index in [-0.39, 0.29) is 11.9 Å². The van der Waals surface area contributed by atoms with Crippen LogP contribution in [0.2, 0.25) is 0 Å². The van der Waals surface area contributed by atoms with Gasteiger partial charge in [0.05, 0.1) is 20.3 Å². The first-order chi connectivity index (χ1) is 13.2. The maximum Gasteiger partial charge on any atom is 0.251 e. The molecule has 3 rings (SSSR count). The summed E-state index contributed by atoms with van der Waals surface area (Å²) in [7, 11) is 3.15. The Balaban J connectivity index is 1.72. The molecule has 5 nitrogen and oxygen atoms in total.